The Morgan fingerprint density at radius 2 is 2.00 bits per heavy atom. The molecule has 1 amide bonds. The number of aromatic carboxylic acids is 1. The van der Waals surface area contributed by atoms with Gasteiger partial charge in [0.2, 0.25) is 0 Å². The van der Waals surface area contributed by atoms with Gasteiger partial charge < -0.3 is 25.4 Å². The van der Waals surface area contributed by atoms with E-state index in [1.165, 1.54) is 18.5 Å². The molecule has 2 unspecified atom stereocenters. The minimum Gasteiger partial charge on any atom is -0.478 e. The summed E-state index contributed by atoms with van der Waals surface area (Å²) in [4.78, 5) is 26.3. The monoisotopic (exact) mass is 326 g/mol. The number of hydrogen-bond donors (Lipinski definition) is 4. The predicted octanol–water partition coefficient (Wildman–Crippen LogP) is 1.09. The van der Waals surface area contributed by atoms with Crippen molar-refractivity contribution in [3.05, 3.63) is 29.6 Å². The van der Waals surface area contributed by atoms with Gasteiger partial charge in [-0.2, -0.15) is 0 Å². The SMILES string of the molecule is CC(C)(C)OC(=O)NCCC(O)C(O)c1cnccc1C(=O)O. The van der Waals surface area contributed by atoms with Crippen molar-refractivity contribution in [2.24, 2.45) is 0 Å². The lowest BCUT2D eigenvalue weighted by Crippen LogP contribution is -2.34. The molecule has 8 heteroatoms. The lowest BCUT2D eigenvalue weighted by atomic mass is 9.99. The van der Waals surface area contributed by atoms with Gasteiger partial charge in [0.05, 0.1) is 11.7 Å². The van der Waals surface area contributed by atoms with E-state index in [1.807, 2.05) is 0 Å². The molecule has 2 atom stereocenters. The lowest BCUT2D eigenvalue weighted by Gasteiger charge is -2.21. The van der Waals surface area contributed by atoms with E-state index in [-0.39, 0.29) is 24.1 Å². The molecule has 0 radical (unpaired) electrons. The summed E-state index contributed by atoms with van der Waals surface area (Å²) in [7, 11) is 0. The molecule has 23 heavy (non-hydrogen) atoms. The van der Waals surface area contributed by atoms with Gasteiger partial charge in [0.25, 0.3) is 0 Å². The van der Waals surface area contributed by atoms with Crippen LogP contribution in [0, 0.1) is 0 Å². The largest absolute Gasteiger partial charge is 0.478 e. The third-order valence-electron chi connectivity index (χ3n) is 2.87. The van der Waals surface area contributed by atoms with Crippen molar-refractivity contribution in [1.29, 1.82) is 0 Å². The number of nitrogens with one attached hydrogen (secondary N) is 1. The second kappa shape index (κ2) is 7.89. The number of carboxylic acids is 1. The normalized spacial score (nSPS) is 14.0. The standard InChI is InChI=1S/C15H22N2O6/c1-15(2,3)23-14(22)17-7-5-11(18)12(19)10-8-16-6-4-9(10)13(20)21/h4,6,8,11-12,18-19H,5,7H2,1-3H3,(H,17,22)(H,20,21). The van der Waals surface area contributed by atoms with Crippen LogP contribution in [0.1, 0.15) is 49.2 Å². The highest BCUT2D eigenvalue weighted by molar-refractivity contribution is 5.89. The van der Waals surface area contributed by atoms with Crippen molar-refractivity contribution < 1.29 is 29.6 Å². The van der Waals surface area contributed by atoms with Crippen LogP contribution >= 0.6 is 0 Å². The van der Waals surface area contributed by atoms with E-state index < -0.39 is 29.9 Å². The van der Waals surface area contributed by atoms with Gasteiger partial charge in [0.1, 0.15) is 11.7 Å². The number of carbonyl (C=O) groups excluding carboxylic acids is 1. The number of aliphatic hydroxyl groups excluding tert-OH is 2. The number of pyridine rings is 1. The zero-order valence-electron chi connectivity index (χ0n) is 13.3. The van der Waals surface area contributed by atoms with Gasteiger partial charge in [-0.1, -0.05) is 0 Å². The van der Waals surface area contributed by atoms with Crippen molar-refractivity contribution in [1.82, 2.24) is 10.3 Å². The van der Waals surface area contributed by atoms with Crippen molar-refractivity contribution in [2.45, 2.75) is 45.0 Å². The minimum absolute atomic E-state index is 0.0183. The topological polar surface area (TPSA) is 129 Å². The fraction of sp³-hybridized carbons (Fsp3) is 0.533. The highest BCUT2D eigenvalue weighted by atomic mass is 16.6. The molecule has 128 valence electrons. The number of carboxylic acid groups (broad SMARTS) is 1. The minimum atomic E-state index is -1.42. The fourth-order valence-electron chi connectivity index (χ4n) is 1.84. The summed E-state index contributed by atoms with van der Waals surface area (Å²) >= 11 is 0. The summed E-state index contributed by atoms with van der Waals surface area (Å²) in [6.07, 6.45) is -0.808. The van der Waals surface area contributed by atoms with E-state index in [2.05, 4.69) is 10.3 Å². The second-order valence-corrected chi connectivity index (χ2v) is 6.00. The Bertz CT molecular complexity index is 555. The molecular weight excluding hydrogens is 304 g/mol. The van der Waals surface area contributed by atoms with Crippen molar-refractivity contribution >= 4 is 12.1 Å². The van der Waals surface area contributed by atoms with Crippen LogP contribution in [0.3, 0.4) is 0 Å². The van der Waals surface area contributed by atoms with Gasteiger partial charge in [-0.25, -0.2) is 9.59 Å². The fourth-order valence-corrected chi connectivity index (χ4v) is 1.84. The Hall–Kier alpha value is -2.19. The summed E-state index contributed by atoms with van der Waals surface area (Å²) < 4.78 is 5.03. The van der Waals surface area contributed by atoms with Gasteiger partial charge >= 0.3 is 12.1 Å². The average Bonchev–Trinajstić information content (AvgIpc) is 2.44. The first-order valence-corrected chi connectivity index (χ1v) is 7.12. The Balaban J connectivity index is 2.57. The molecule has 0 aliphatic rings. The molecule has 0 aromatic carbocycles. The first-order valence-electron chi connectivity index (χ1n) is 7.12. The zero-order chi connectivity index (χ0) is 17.6. The Morgan fingerprint density at radius 3 is 2.57 bits per heavy atom. The Morgan fingerprint density at radius 1 is 1.35 bits per heavy atom. The number of alkyl carbamates (subject to hydrolysis) is 1. The molecule has 0 bridgehead atoms. The lowest BCUT2D eigenvalue weighted by molar-refractivity contribution is 0.0113. The highest BCUT2D eigenvalue weighted by Gasteiger charge is 2.24. The Kier molecular flexibility index (Phi) is 6.47. The molecule has 0 saturated heterocycles. The quantitative estimate of drug-likeness (QED) is 0.615. The van der Waals surface area contributed by atoms with Crippen LogP contribution in [0.25, 0.3) is 0 Å². The second-order valence-electron chi connectivity index (χ2n) is 6.00. The summed E-state index contributed by atoms with van der Waals surface area (Å²) in [5.41, 5.74) is -0.745. The number of carbonyl (C=O) groups is 2. The number of nitrogens with zero attached hydrogens (tertiary/aromatic N) is 1. The van der Waals surface area contributed by atoms with Crippen LogP contribution in [-0.4, -0.2) is 50.6 Å². The average molecular weight is 326 g/mol. The highest BCUT2D eigenvalue weighted by Crippen LogP contribution is 2.21. The van der Waals surface area contributed by atoms with Crippen LogP contribution in [0.2, 0.25) is 0 Å². The van der Waals surface area contributed by atoms with Gasteiger partial charge in [0.15, 0.2) is 0 Å². The van der Waals surface area contributed by atoms with Crippen molar-refractivity contribution in [2.75, 3.05) is 6.54 Å². The molecule has 1 aromatic rings. The third kappa shape index (κ3) is 6.21. The molecule has 0 aliphatic heterocycles. The molecule has 0 saturated carbocycles. The molecule has 1 aromatic heterocycles. The number of aliphatic hydroxyl groups is 2. The molecule has 0 fully saturated rings. The smallest absolute Gasteiger partial charge is 0.407 e. The van der Waals surface area contributed by atoms with E-state index in [0.717, 1.165) is 0 Å². The van der Waals surface area contributed by atoms with E-state index in [9.17, 15) is 19.8 Å². The summed E-state index contributed by atoms with van der Waals surface area (Å²) in [5, 5.41) is 31.5. The van der Waals surface area contributed by atoms with Crippen molar-refractivity contribution in [3.63, 3.8) is 0 Å². The molecule has 8 nitrogen and oxygen atoms in total. The van der Waals surface area contributed by atoms with Gasteiger partial charge in [0, 0.05) is 24.5 Å². The van der Waals surface area contributed by atoms with E-state index in [4.69, 9.17) is 9.84 Å². The van der Waals surface area contributed by atoms with Crippen LogP contribution in [0.5, 0.6) is 0 Å². The molecule has 1 heterocycles. The first kappa shape index (κ1) is 18.9. The van der Waals surface area contributed by atoms with Gasteiger partial charge in [-0.05, 0) is 33.3 Å². The van der Waals surface area contributed by atoms with Crippen LogP contribution < -0.4 is 5.32 Å². The zero-order valence-corrected chi connectivity index (χ0v) is 13.3. The number of amides is 1. The van der Waals surface area contributed by atoms with Gasteiger partial charge in [-0.3, -0.25) is 4.98 Å². The molecule has 4 N–H and O–H groups in total. The summed E-state index contributed by atoms with van der Waals surface area (Å²) in [6, 6.07) is 1.24. The van der Waals surface area contributed by atoms with Crippen LogP contribution in [0.15, 0.2) is 18.5 Å². The molecule has 1 rings (SSSR count). The number of hydrogen-bond acceptors (Lipinski definition) is 6. The summed E-state index contributed by atoms with van der Waals surface area (Å²) in [6.45, 7) is 5.23. The maximum absolute atomic E-state index is 11.5. The Labute approximate surface area is 134 Å². The van der Waals surface area contributed by atoms with Crippen molar-refractivity contribution in [3.8, 4) is 0 Å². The number of ether oxygens (including phenoxy) is 1. The van der Waals surface area contributed by atoms with Gasteiger partial charge in [-0.15, -0.1) is 0 Å². The third-order valence-corrected chi connectivity index (χ3v) is 2.87. The molecule has 0 aliphatic carbocycles. The first-order chi connectivity index (χ1) is 10.6. The van der Waals surface area contributed by atoms with E-state index in [0.29, 0.717) is 0 Å². The van der Waals surface area contributed by atoms with Crippen LogP contribution in [-0.2, 0) is 4.74 Å². The predicted molar refractivity (Wildman–Crippen MR) is 81.0 cm³/mol. The van der Waals surface area contributed by atoms with E-state index in [1.54, 1.807) is 20.8 Å². The maximum atomic E-state index is 11.5. The number of rotatable bonds is 6. The molecule has 0 spiro atoms. The van der Waals surface area contributed by atoms with Crippen LogP contribution in [0.4, 0.5) is 4.79 Å². The molecular formula is C15H22N2O6. The summed E-state index contributed by atoms with van der Waals surface area (Å²) in [5.74, 6) is -1.22. The van der Waals surface area contributed by atoms with E-state index >= 15 is 0 Å². The number of aromatic nitrogens is 1. The maximum Gasteiger partial charge on any atom is 0.407 e.